The van der Waals surface area contributed by atoms with Gasteiger partial charge in [-0.2, -0.15) is 0 Å². The zero-order valence-corrected chi connectivity index (χ0v) is 44.5. The van der Waals surface area contributed by atoms with E-state index in [0.717, 1.165) is 62.5 Å². The van der Waals surface area contributed by atoms with E-state index in [1.54, 1.807) is 99.1 Å². The summed E-state index contributed by atoms with van der Waals surface area (Å²) in [7, 11) is 5.83. The van der Waals surface area contributed by atoms with Crippen LogP contribution in [-0.4, -0.2) is 94.5 Å². The maximum atomic E-state index is 13.2. The Hall–Kier alpha value is -4.97. The highest BCUT2D eigenvalue weighted by molar-refractivity contribution is 6.41. The van der Waals surface area contributed by atoms with Gasteiger partial charge in [-0.3, -0.25) is 24.0 Å². The summed E-state index contributed by atoms with van der Waals surface area (Å²) >= 11 is 24.3. The molecule has 4 aromatic rings. The molecular formula is C52H63Cl5N4O11. The van der Waals surface area contributed by atoms with Crippen molar-refractivity contribution in [3.8, 4) is 0 Å². The molecule has 3 amide bonds. The van der Waals surface area contributed by atoms with Crippen molar-refractivity contribution >= 4 is 106 Å². The molecule has 392 valence electrons. The topological polar surface area (TPSA) is 222 Å². The van der Waals surface area contributed by atoms with Crippen LogP contribution in [0.4, 0.5) is 11.4 Å². The van der Waals surface area contributed by atoms with Gasteiger partial charge in [-0.1, -0.05) is 108 Å². The molecule has 0 radical (unpaired) electrons. The third kappa shape index (κ3) is 17.6. The fraction of sp³-hybridized carbons (Fsp3) is 0.423. The van der Waals surface area contributed by atoms with Crippen molar-refractivity contribution in [3.63, 3.8) is 0 Å². The van der Waals surface area contributed by atoms with Crippen molar-refractivity contribution in [2.45, 2.75) is 89.1 Å². The van der Waals surface area contributed by atoms with E-state index in [2.05, 4.69) is 20.7 Å². The predicted octanol–water partition coefficient (Wildman–Crippen LogP) is 10.4. The number of carbonyl (C=O) groups excluding carboxylic acids is 5. The van der Waals surface area contributed by atoms with Crippen molar-refractivity contribution in [2.75, 3.05) is 52.3 Å². The Morgan fingerprint density at radius 2 is 0.958 bits per heavy atom. The lowest BCUT2D eigenvalue weighted by molar-refractivity contribution is -0.149. The van der Waals surface area contributed by atoms with Crippen LogP contribution >= 0.6 is 58.8 Å². The van der Waals surface area contributed by atoms with Crippen LogP contribution in [0.15, 0.2) is 84.9 Å². The van der Waals surface area contributed by atoms with Crippen molar-refractivity contribution in [2.24, 2.45) is 16.6 Å². The second-order valence-corrected chi connectivity index (χ2v) is 19.0. The maximum absolute atomic E-state index is 13.2. The first kappa shape index (κ1) is 61.3. The van der Waals surface area contributed by atoms with E-state index in [9.17, 15) is 28.8 Å². The predicted molar refractivity (Wildman–Crippen MR) is 283 cm³/mol. The highest BCUT2D eigenvalue weighted by Crippen LogP contribution is 2.42. The van der Waals surface area contributed by atoms with E-state index in [1.165, 1.54) is 14.2 Å². The number of aliphatic carboxylic acids is 1. The van der Waals surface area contributed by atoms with Crippen molar-refractivity contribution in [1.82, 2.24) is 5.32 Å². The first-order chi connectivity index (χ1) is 33.9. The minimum atomic E-state index is -0.824. The number of esters is 2. The SMILES string of the molecule is COC(=O)C(N)Cc1ccc(NC(=O)c2c(Cl)cccc2Cl)cc1.COCCC1(C(=O)NC(Cc2ccc(NC(=O)c3c(Cl)cccc3Cl)cc2)C(=O)OC)CCCC1.COCCC1(C(=O)O)CCCC1.Cl. The molecule has 0 bridgehead atoms. The fourth-order valence-electron chi connectivity index (χ4n) is 8.50. The van der Waals surface area contributed by atoms with Gasteiger partial charge in [0.1, 0.15) is 12.1 Å². The molecule has 20 heteroatoms. The van der Waals surface area contributed by atoms with Crippen molar-refractivity contribution in [3.05, 3.63) is 127 Å². The lowest BCUT2D eigenvalue weighted by atomic mass is 9.81. The molecule has 0 spiro atoms. The largest absolute Gasteiger partial charge is 0.481 e. The number of nitrogens with one attached hydrogen (secondary N) is 3. The molecule has 15 nitrogen and oxygen atoms in total. The number of benzene rings is 4. The van der Waals surface area contributed by atoms with Gasteiger partial charge in [-0.05, 0) is 105 Å². The molecule has 6 rings (SSSR count). The molecule has 2 saturated carbocycles. The molecule has 6 N–H and O–H groups in total. The van der Waals surface area contributed by atoms with Gasteiger partial charge in [-0.15, -0.1) is 12.4 Å². The van der Waals surface area contributed by atoms with Gasteiger partial charge in [0.05, 0.1) is 56.3 Å². The average Bonchev–Trinajstić information content (AvgIpc) is 4.05. The summed E-state index contributed by atoms with van der Waals surface area (Å²) < 4.78 is 19.7. The summed E-state index contributed by atoms with van der Waals surface area (Å²) in [6, 6.07) is 22.1. The number of nitrogens with two attached hydrogens (primary N) is 1. The Bertz CT molecular complexity index is 2390. The van der Waals surface area contributed by atoms with Gasteiger partial charge >= 0.3 is 17.9 Å². The van der Waals surface area contributed by atoms with Crippen LogP contribution in [0.3, 0.4) is 0 Å². The first-order valence-corrected chi connectivity index (χ1v) is 24.6. The van der Waals surface area contributed by atoms with Gasteiger partial charge in [0, 0.05) is 45.2 Å². The number of methoxy groups -OCH3 is 4. The number of amides is 3. The normalized spacial score (nSPS) is 14.8. The zero-order chi connectivity index (χ0) is 52.1. The first-order valence-electron chi connectivity index (χ1n) is 23.0. The maximum Gasteiger partial charge on any atom is 0.328 e. The minimum absolute atomic E-state index is 0. The quantitative estimate of drug-likeness (QED) is 0.0554. The number of rotatable bonds is 19. The smallest absolute Gasteiger partial charge is 0.328 e. The summed E-state index contributed by atoms with van der Waals surface area (Å²) in [5.41, 5.74) is 7.91. The number of halogens is 5. The van der Waals surface area contributed by atoms with E-state index in [-0.39, 0.29) is 56.0 Å². The summed E-state index contributed by atoms with van der Waals surface area (Å²) in [4.78, 5) is 72.9. The molecule has 4 aromatic carbocycles. The highest BCUT2D eigenvalue weighted by atomic mass is 35.5. The second-order valence-electron chi connectivity index (χ2n) is 17.3. The molecule has 0 saturated heterocycles. The van der Waals surface area contributed by atoms with Gasteiger partial charge in [0.15, 0.2) is 0 Å². The van der Waals surface area contributed by atoms with Crippen LogP contribution in [-0.2, 0) is 51.0 Å². The lowest BCUT2D eigenvalue weighted by Crippen LogP contribution is -2.49. The Kier molecular flexibility index (Phi) is 25.8. The monoisotopic (exact) mass is 1090 g/mol. The number of carboxylic acid groups (broad SMARTS) is 1. The Balaban J connectivity index is 0.000000318. The van der Waals surface area contributed by atoms with Crippen LogP contribution in [0.5, 0.6) is 0 Å². The van der Waals surface area contributed by atoms with Crippen molar-refractivity contribution in [1.29, 1.82) is 0 Å². The Morgan fingerprint density at radius 1 is 0.583 bits per heavy atom. The molecule has 2 unspecified atom stereocenters. The molecule has 2 aliphatic carbocycles. The summed E-state index contributed by atoms with van der Waals surface area (Å²) in [6.45, 7) is 1.05. The standard InChI is InChI=1S/C26H30Cl2N2O5.C17H16Cl2N2O3.C9H16O3.ClH/c1-34-15-14-26(12-3-4-13-26)25(33)30-21(24(32)35-2)16-17-8-10-18(11-9-17)29-23(31)22-19(27)6-5-7-20(22)28;1-24-17(23)14(20)9-10-5-7-11(8-6-10)21-16(22)15-12(18)3-2-4-13(15)19;1-12-7-6-9(8(10)11)4-2-3-5-9;/h5-11,21H,3-4,12-16H2,1-2H3,(H,29,31)(H,30,33);2-8,14H,9,20H2,1H3,(H,21,22);2-7H2,1H3,(H,10,11);1H. The minimum Gasteiger partial charge on any atom is -0.481 e. The number of hydrogen-bond donors (Lipinski definition) is 5. The summed E-state index contributed by atoms with van der Waals surface area (Å²) in [5.74, 6) is -2.58. The van der Waals surface area contributed by atoms with E-state index in [0.29, 0.717) is 43.9 Å². The van der Waals surface area contributed by atoms with Crippen LogP contribution in [0.25, 0.3) is 0 Å². The number of hydrogen-bond acceptors (Lipinski definition) is 11. The third-order valence-corrected chi connectivity index (χ3v) is 13.9. The molecule has 0 heterocycles. The molecule has 2 atom stereocenters. The Morgan fingerprint density at radius 3 is 1.33 bits per heavy atom. The van der Waals surface area contributed by atoms with Crippen LogP contribution in [0, 0.1) is 10.8 Å². The number of anilines is 2. The van der Waals surface area contributed by atoms with Gasteiger partial charge in [0.2, 0.25) is 5.91 Å². The number of carboxylic acids is 1. The molecule has 0 aromatic heterocycles. The van der Waals surface area contributed by atoms with E-state index in [1.807, 2.05) is 0 Å². The van der Waals surface area contributed by atoms with E-state index in [4.69, 9.17) is 71.5 Å². The lowest BCUT2D eigenvalue weighted by Gasteiger charge is -2.29. The average molecular weight is 1100 g/mol. The third-order valence-electron chi connectivity index (χ3n) is 12.6. The molecule has 2 fully saturated rings. The van der Waals surface area contributed by atoms with Gasteiger partial charge < -0.3 is 45.7 Å². The molecule has 2 aliphatic rings. The number of ether oxygens (including phenoxy) is 4. The summed E-state index contributed by atoms with van der Waals surface area (Å²) in [5, 5.41) is 18.5. The fourth-order valence-corrected chi connectivity index (χ4v) is 9.63. The van der Waals surface area contributed by atoms with Crippen molar-refractivity contribution < 1.29 is 52.8 Å². The molecular weight excluding hydrogens is 1030 g/mol. The molecule has 72 heavy (non-hydrogen) atoms. The van der Waals surface area contributed by atoms with Gasteiger partial charge in [0.25, 0.3) is 11.8 Å². The van der Waals surface area contributed by atoms with Crippen LogP contribution in [0.2, 0.25) is 20.1 Å². The summed E-state index contributed by atoms with van der Waals surface area (Å²) in [6.07, 6.45) is 9.15. The second kappa shape index (κ2) is 30.3. The van der Waals surface area contributed by atoms with E-state index >= 15 is 0 Å². The van der Waals surface area contributed by atoms with Crippen LogP contribution < -0.4 is 21.7 Å². The zero-order valence-electron chi connectivity index (χ0n) is 40.7. The van der Waals surface area contributed by atoms with Gasteiger partial charge in [-0.25, -0.2) is 4.79 Å². The number of carbonyl (C=O) groups is 6. The Labute approximate surface area is 446 Å². The molecule has 0 aliphatic heterocycles. The highest BCUT2D eigenvalue weighted by Gasteiger charge is 2.42. The van der Waals surface area contributed by atoms with Crippen LogP contribution in [0.1, 0.15) is 96.1 Å². The van der Waals surface area contributed by atoms with E-state index < -0.39 is 52.6 Å².